The first-order valence-electron chi connectivity index (χ1n) is 6.89. The zero-order valence-corrected chi connectivity index (χ0v) is 12.5. The van der Waals surface area contributed by atoms with Gasteiger partial charge in [-0.05, 0) is 46.2 Å². The van der Waals surface area contributed by atoms with Crippen LogP contribution in [0, 0.1) is 5.92 Å². The van der Waals surface area contributed by atoms with Crippen molar-refractivity contribution in [1.29, 1.82) is 0 Å². The molecule has 0 aromatic carbocycles. The lowest BCUT2D eigenvalue weighted by atomic mass is 9.92. The molecule has 0 radical (unpaired) electrons. The van der Waals surface area contributed by atoms with Gasteiger partial charge in [0, 0.05) is 25.6 Å². The van der Waals surface area contributed by atoms with Crippen LogP contribution in [-0.4, -0.2) is 59.5 Å². The normalized spacial score (nSPS) is 21.2. The number of carboxylic acids is 1. The molecule has 1 atom stereocenters. The third-order valence-corrected chi connectivity index (χ3v) is 4.05. The molecule has 1 saturated heterocycles. The standard InChI is InChI=1S/C14H26N2O3/c1-14(2,9-13(18)19)16(4)12(17)8-11-6-5-7-15(3)10-11/h11H,5-10H2,1-4H3,(H,18,19). The van der Waals surface area contributed by atoms with Crippen LogP contribution in [0.1, 0.15) is 39.5 Å². The number of amides is 1. The summed E-state index contributed by atoms with van der Waals surface area (Å²) in [5.41, 5.74) is -0.635. The van der Waals surface area contributed by atoms with E-state index in [0.717, 1.165) is 25.9 Å². The molecule has 1 aliphatic heterocycles. The number of rotatable bonds is 5. The summed E-state index contributed by atoms with van der Waals surface area (Å²) in [5.74, 6) is -0.428. The molecule has 1 unspecified atom stereocenters. The highest BCUT2D eigenvalue weighted by molar-refractivity contribution is 5.78. The van der Waals surface area contributed by atoms with Gasteiger partial charge in [-0.2, -0.15) is 0 Å². The van der Waals surface area contributed by atoms with Crippen molar-refractivity contribution in [2.45, 2.75) is 45.1 Å². The van der Waals surface area contributed by atoms with Crippen molar-refractivity contribution in [3.05, 3.63) is 0 Å². The first-order valence-corrected chi connectivity index (χ1v) is 6.89. The van der Waals surface area contributed by atoms with Crippen LogP contribution in [-0.2, 0) is 9.59 Å². The van der Waals surface area contributed by atoms with Crippen LogP contribution >= 0.6 is 0 Å². The maximum atomic E-state index is 12.3. The summed E-state index contributed by atoms with van der Waals surface area (Å²) in [7, 11) is 3.78. The lowest BCUT2D eigenvalue weighted by Crippen LogP contribution is -2.47. The van der Waals surface area contributed by atoms with Crippen molar-refractivity contribution in [3.63, 3.8) is 0 Å². The Hall–Kier alpha value is -1.10. The Kier molecular flexibility index (Phi) is 5.35. The Labute approximate surface area is 115 Å². The summed E-state index contributed by atoms with van der Waals surface area (Å²) < 4.78 is 0. The number of carbonyl (C=O) groups excluding carboxylic acids is 1. The van der Waals surface area contributed by atoms with Gasteiger partial charge in [-0.1, -0.05) is 0 Å². The fourth-order valence-electron chi connectivity index (χ4n) is 2.65. The third kappa shape index (κ3) is 4.82. The van der Waals surface area contributed by atoms with Gasteiger partial charge in [0.2, 0.25) is 5.91 Å². The molecule has 1 fully saturated rings. The molecule has 0 aliphatic carbocycles. The van der Waals surface area contributed by atoms with Crippen molar-refractivity contribution in [2.75, 3.05) is 27.2 Å². The van der Waals surface area contributed by atoms with E-state index in [-0.39, 0.29) is 12.3 Å². The number of hydrogen-bond acceptors (Lipinski definition) is 3. The molecule has 0 spiro atoms. The van der Waals surface area contributed by atoms with E-state index in [9.17, 15) is 9.59 Å². The lowest BCUT2D eigenvalue weighted by molar-refractivity contribution is -0.143. The highest BCUT2D eigenvalue weighted by atomic mass is 16.4. The molecule has 1 N–H and O–H groups in total. The first-order chi connectivity index (χ1) is 8.72. The minimum Gasteiger partial charge on any atom is -0.481 e. The van der Waals surface area contributed by atoms with Gasteiger partial charge in [0.25, 0.3) is 0 Å². The topological polar surface area (TPSA) is 60.9 Å². The van der Waals surface area contributed by atoms with Crippen molar-refractivity contribution >= 4 is 11.9 Å². The molecular formula is C14H26N2O3. The Bertz CT molecular complexity index is 342. The number of carboxylic acid groups (broad SMARTS) is 1. The number of piperidine rings is 1. The molecule has 0 aromatic rings. The molecule has 0 saturated carbocycles. The number of nitrogens with zero attached hydrogens (tertiary/aromatic N) is 2. The Morgan fingerprint density at radius 3 is 2.58 bits per heavy atom. The van der Waals surface area contributed by atoms with Gasteiger partial charge < -0.3 is 14.9 Å². The van der Waals surface area contributed by atoms with Gasteiger partial charge in [0.15, 0.2) is 0 Å². The van der Waals surface area contributed by atoms with Crippen LogP contribution < -0.4 is 0 Å². The van der Waals surface area contributed by atoms with Gasteiger partial charge in [0.1, 0.15) is 0 Å². The summed E-state index contributed by atoms with van der Waals surface area (Å²) in [4.78, 5) is 26.9. The molecule has 5 heteroatoms. The van der Waals surface area contributed by atoms with Crippen LogP contribution in [0.15, 0.2) is 0 Å². The van der Waals surface area contributed by atoms with Crippen molar-refractivity contribution in [1.82, 2.24) is 9.80 Å². The van der Waals surface area contributed by atoms with Crippen molar-refractivity contribution < 1.29 is 14.7 Å². The highest BCUT2D eigenvalue weighted by Gasteiger charge is 2.31. The highest BCUT2D eigenvalue weighted by Crippen LogP contribution is 2.23. The summed E-state index contributed by atoms with van der Waals surface area (Å²) >= 11 is 0. The predicted octanol–water partition coefficient (Wildman–Crippen LogP) is 1.43. The summed E-state index contributed by atoms with van der Waals surface area (Å²) in [5, 5.41) is 8.89. The van der Waals surface area contributed by atoms with Gasteiger partial charge in [-0.25, -0.2) is 0 Å². The number of aliphatic carboxylic acids is 1. The monoisotopic (exact) mass is 270 g/mol. The second-order valence-corrected chi connectivity index (χ2v) is 6.31. The smallest absolute Gasteiger partial charge is 0.305 e. The minimum atomic E-state index is -0.873. The van der Waals surface area contributed by atoms with E-state index in [2.05, 4.69) is 11.9 Å². The van der Waals surface area contributed by atoms with E-state index in [1.807, 2.05) is 0 Å². The van der Waals surface area contributed by atoms with Crippen LogP contribution in [0.25, 0.3) is 0 Å². The largest absolute Gasteiger partial charge is 0.481 e. The Morgan fingerprint density at radius 2 is 2.05 bits per heavy atom. The summed E-state index contributed by atoms with van der Waals surface area (Å²) in [6.07, 6.45) is 2.71. The molecule has 0 aromatic heterocycles. The van der Waals surface area contributed by atoms with Crippen LogP contribution in [0.5, 0.6) is 0 Å². The molecule has 1 amide bonds. The van der Waals surface area contributed by atoms with Gasteiger partial charge in [-0.15, -0.1) is 0 Å². The van der Waals surface area contributed by atoms with Crippen LogP contribution in [0.2, 0.25) is 0 Å². The predicted molar refractivity (Wildman–Crippen MR) is 73.9 cm³/mol. The van der Waals surface area contributed by atoms with E-state index in [1.54, 1.807) is 25.8 Å². The van der Waals surface area contributed by atoms with Gasteiger partial charge in [0.05, 0.1) is 6.42 Å². The second kappa shape index (κ2) is 6.37. The second-order valence-electron chi connectivity index (χ2n) is 6.31. The SMILES string of the molecule is CN1CCCC(CC(=O)N(C)C(C)(C)CC(=O)O)C1. The van der Waals surface area contributed by atoms with E-state index in [0.29, 0.717) is 12.3 Å². The first kappa shape index (κ1) is 16.0. The molecule has 1 heterocycles. The van der Waals surface area contributed by atoms with Crippen LogP contribution in [0.4, 0.5) is 0 Å². The minimum absolute atomic E-state index is 0.0280. The quantitative estimate of drug-likeness (QED) is 0.821. The maximum absolute atomic E-state index is 12.3. The maximum Gasteiger partial charge on any atom is 0.305 e. The fraction of sp³-hybridized carbons (Fsp3) is 0.857. The number of carbonyl (C=O) groups is 2. The molecule has 1 rings (SSSR count). The molecular weight excluding hydrogens is 244 g/mol. The van der Waals surface area contributed by atoms with Gasteiger partial charge >= 0.3 is 5.97 Å². The fourth-order valence-corrected chi connectivity index (χ4v) is 2.65. The van der Waals surface area contributed by atoms with E-state index in [1.165, 1.54) is 0 Å². The lowest BCUT2D eigenvalue weighted by Gasteiger charge is -2.36. The molecule has 19 heavy (non-hydrogen) atoms. The van der Waals surface area contributed by atoms with E-state index >= 15 is 0 Å². The average Bonchev–Trinajstić information content (AvgIpc) is 2.26. The summed E-state index contributed by atoms with van der Waals surface area (Å²) in [6.45, 7) is 5.65. The molecule has 5 nitrogen and oxygen atoms in total. The molecule has 0 bridgehead atoms. The zero-order chi connectivity index (χ0) is 14.6. The van der Waals surface area contributed by atoms with Crippen molar-refractivity contribution in [3.8, 4) is 0 Å². The Balaban J connectivity index is 2.54. The average molecular weight is 270 g/mol. The Morgan fingerprint density at radius 1 is 1.42 bits per heavy atom. The number of likely N-dealkylation sites (tertiary alicyclic amines) is 1. The summed E-state index contributed by atoms with van der Waals surface area (Å²) in [6, 6.07) is 0. The van der Waals surface area contributed by atoms with Crippen LogP contribution in [0.3, 0.4) is 0 Å². The molecule has 110 valence electrons. The third-order valence-electron chi connectivity index (χ3n) is 4.05. The van der Waals surface area contributed by atoms with Crippen molar-refractivity contribution in [2.24, 2.45) is 5.92 Å². The number of hydrogen-bond donors (Lipinski definition) is 1. The van der Waals surface area contributed by atoms with Gasteiger partial charge in [-0.3, -0.25) is 9.59 Å². The zero-order valence-electron chi connectivity index (χ0n) is 12.5. The van der Waals surface area contributed by atoms with E-state index in [4.69, 9.17) is 5.11 Å². The molecule has 1 aliphatic rings. The van der Waals surface area contributed by atoms with E-state index < -0.39 is 11.5 Å².